The van der Waals surface area contributed by atoms with Crippen molar-refractivity contribution in [1.82, 2.24) is 0 Å². The molecule has 2 aliphatic rings. The van der Waals surface area contributed by atoms with Crippen LogP contribution in [0, 0.1) is 11.3 Å². The van der Waals surface area contributed by atoms with Crippen molar-refractivity contribution in [3.63, 3.8) is 0 Å². The fourth-order valence-electron chi connectivity index (χ4n) is 2.29. The van der Waals surface area contributed by atoms with Crippen LogP contribution in [0.4, 0.5) is 8.78 Å². The normalized spacial score (nSPS) is 34.2. The van der Waals surface area contributed by atoms with E-state index in [2.05, 4.69) is 0 Å². The first-order valence-electron chi connectivity index (χ1n) is 4.10. The van der Waals surface area contributed by atoms with Crippen LogP contribution in [0.25, 0.3) is 0 Å². The molecule has 1 unspecified atom stereocenters. The van der Waals surface area contributed by atoms with Crippen LogP contribution >= 0.6 is 10.7 Å². The second-order valence-electron chi connectivity index (χ2n) is 3.89. The molecule has 0 bridgehead atoms. The van der Waals surface area contributed by atoms with Gasteiger partial charge in [0.2, 0.25) is 9.05 Å². The third-order valence-electron chi connectivity index (χ3n) is 3.30. The molecular formula is C7H9ClF2O2S. The molecule has 0 aliphatic heterocycles. The number of hydrogen-bond donors (Lipinski definition) is 0. The second-order valence-corrected chi connectivity index (χ2v) is 6.71. The van der Waals surface area contributed by atoms with Crippen LogP contribution in [0.1, 0.15) is 19.3 Å². The molecule has 1 spiro atoms. The van der Waals surface area contributed by atoms with Crippen molar-refractivity contribution in [3.8, 4) is 0 Å². The zero-order chi connectivity index (χ0) is 9.91. The molecule has 0 saturated heterocycles. The van der Waals surface area contributed by atoms with E-state index >= 15 is 0 Å². The molecule has 0 N–H and O–H groups in total. The highest BCUT2D eigenvalue weighted by molar-refractivity contribution is 8.13. The number of hydrogen-bond acceptors (Lipinski definition) is 2. The third kappa shape index (κ3) is 1.20. The Labute approximate surface area is 79.7 Å². The summed E-state index contributed by atoms with van der Waals surface area (Å²) in [4.78, 5) is 0. The van der Waals surface area contributed by atoms with Crippen molar-refractivity contribution in [2.75, 3.05) is 5.75 Å². The molecule has 6 heteroatoms. The average Bonchev–Trinajstić information content (AvgIpc) is 2.23. The Morgan fingerprint density at radius 2 is 1.92 bits per heavy atom. The lowest BCUT2D eigenvalue weighted by atomic mass is 9.79. The van der Waals surface area contributed by atoms with Gasteiger partial charge in [-0.2, -0.15) is 0 Å². The second kappa shape index (κ2) is 2.37. The molecule has 1 atom stereocenters. The predicted molar refractivity (Wildman–Crippen MR) is 44.4 cm³/mol. The average molecular weight is 231 g/mol. The van der Waals surface area contributed by atoms with Crippen molar-refractivity contribution in [3.05, 3.63) is 0 Å². The Balaban J connectivity index is 2.12. The fourth-order valence-corrected chi connectivity index (χ4v) is 3.60. The molecule has 0 aromatic carbocycles. The van der Waals surface area contributed by atoms with Crippen molar-refractivity contribution >= 4 is 19.7 Å². The van der Waals surface area contributed by atoms with Crippen LogP contribution in [-0.4, -0.2) is 20.1 Å². The Bertz CT molecular complexity index is 334. The zero-order valence-electron chi connectivity index (χ0n) is 6.76. The maximum Gasteiger partial charge on any atom is 0.258 e. The summed E-state index contributed by atoms with van der Waals surface area (Å²) in [6.45, 7) is 0. The van der Waals surface area contributed by atoms with Gasteiger partial charge >= 0.3 is 0 Å². The minimum absolute atomic E-state index is 0.442. The van der Waals surface area contributed by atoms with E-state index in [-0.39, 0.29) is 0 Å². The van der Waals surface area contributed by atoms with E-state index in [9.17, 15) is 17.2 Å². The first kappa shape index (κ1) is 9.65. The quantitative estimate of drug-likeness (QED) is 0.680. The van der Waals surface area contributed by atoms with Gasteiger partial charge in [-0.15, -0.1) is 0 Å². The molecule has 0 radical (unpaired) electrons. The summed E-state index contributed by atoms with van der Waals surface area (Å²) in [5.41, 5.74) is -1.00. The molecule has 0 aromatic heterocycles. The molecular weight excluding hydrogens is 222 g/mol. The number of alkyl halides is 2. The minimum Gasteiger partial charge on any atom is -0.212 e. The Morgan fingerprint density at radius 3 is 2.15 bits per heavy atom. The molecule has 0 amide bonds. The van der Waals surface area contributed by atoms with Crippen LogP contribution in [0.5, 0.6) is 0 Å². The third-order valence-corrected chi connectivity index (χ3v) is 4.41. The van der Waals surface area contributed by atoms with Crippen LogP contribution in [-0.2, 0) is 9.05 Å². The van der Waals surface area contributed by atoms with E-state index in [1.165, 1.54) is 0 Å². The molecule has 76 valence electrons. The van der Waals surface area contributed by atoms with Gasteiger partial charge in [0.25, 0.3) is 5.92 Å². The Kier molecular flexibility index (Phi) is 1.76. The molecule has 13 heavy (non-hydrogen) atoms. The van der Waals surface area contributed by atoms with Gasteiger partial charge < -0.3 is 0 Å². The Hall–Kier alpha value is 0.1000. The highest BCUT2D eigenvalue weighted by Gasteiger charge is 2.82. The lowest BCUT2D eigenvalue weighted by Gasteiger charge is -2.25. The van der Waals surface area contributed by atoms with Crippen molar-refractivity contribution in [2.45, 2.75) is 25.2 Å². The largest absolute Gasteiger partial charge is 0.258 e. The van der Waals surface area contributed by atoms with Crippen LogP contribution in [0.2, 0.25) is 0 Å². The highest BCUT2D eigenvalue weighted by Crippen LogP contribution is 2.75. The van der Waals surface area contributed by atoms with Gasteiger partial charge in [0.05, 0.1) is 5.75 Å². The summed E-state index contributed by atoms with van der Waals surface area (Å²) in [6, 6.07) is 0. The van der Waals surface area contributed by atoms with Gasteiger partial charge in [-0.25, -0.2) is 17.2 Å². The summed E-state index contributed by atoms with van der Waals surface area (Å²) in [7, 11) is 1.16. The SMILES string of the molecule is O=S(=O)(Cl)CC1C(F)(F)C12CCC2. The molecule has 2 rings (SSSR count). The highest BCUT2D eigenvalue weighted by atomic mass is 35.7. The monoisotopic (exact) mass is 230 g/mol. The van der Waals surface area contributed by atoms with E-state index in [1.54, 1.807) is 0 Å². The molecule has 2 aliphatic carbocycles. The minimum atomic E-state index is -3.79. The smallest absolute Gasteiger partial charge is 0.212 e. The summed E-state index contributed by atoms with van der Waals surface area (Å²) in [5, 5.41) is 0. The summed E-state index contributed by atoms with van der Waals surface area (Å²) >= 11 is 0. The fraction of sp³-hybridized carbons (Fsp3) is 1.00. The van der Waals surface area contributed by atoms with Gasteiger partial charge in [-0.1, -0.05) is 6.42 Å². The molecule has 2 saturated carbocycles. The van der Waals surface area contributed by atoms with Crippen LogP contribution < -0.4 is 0 Å². The number of halogens is 3. The maximum atomic E-state index is 13.1. The van der Waals surface area contributed by atoms with Crippen molar-refractivity contribution in [1.29, 1.82) is 0 Å². The van der Waals surface area contributed by atoms with Crippen molar-refractivity contribution < 1.29 is 17.2 Å². The Morgan fingerprint density at radius 1 is 1.38 bits per heavy atom. The van der Waals surface area contributed by atoms with Gasteiger partial charge in [0.15, 0.2) is 0 Å². The van der Waals surface area contributed by atoms with Crippen LogP contribution in [0.15, 0.2) is 0 Å². The maximum absolute atomic E-state index is 13.1. The number of rotatable bonds is 2. The van der Waals surface area contributed by atoms with Gasteiger partial charge in [-0.3, -0.25) is 0 Å². The first-order chi connectivity index (χ1) is 5.80. The summed E-state index contributed by atoms with van der Waals surface area (Å²) in [5.74, 6) is -4.41. The first-order valence-corrected chi connectivity index (χ1v) is 6.58. The molecule has 2 fully saturated rings. The molecule has 0 heterocycles. The van der Waals surface area contributed by atoms with Gasteiger partial charge in [0, 0.05) is 22.0 Å². The van der Waals surface area contributed by atoms with E-state index in [1.807, 2.05) is 0 Å². The lowest BCUT2D eigenvalue weighted by Crippen LogP contribution is -2.20. The molecule has 2 nitrogen and oxygen atoms in total. The van der Waals surface area contributed by atoms with Gasteiger partial charge in [0.1, 0.15) is 0 Å². The lowest BCUT2D eigenvalue weighted by molar-refractivity contribution is 0.0284. The summed E-state index contributed by atoms with van der Waals surface area (Å²) in [6.07, 6.45) is 1.66. The zero-order valence-corrected chi connectivity index (χ0v) is 8.34. The predicted octanol–water partition coefficient (Wildman–Crippen LogP) is 1.99. The van der Waals surface area contributed by atoms with Gasteiger partial charge in [-0.05, 0) is 12.8 Å². The molecule has 0 aromatic rings. The van der Waals surface area contributed by atoms with E-state index in [0.29, 0.717) is 12.8 Å². The van der Waals surface area contributed by atoms with Crippen LogP contribution in [0.3, 0.4) is 0 Å². The standard InChI is InChI=1S/C7H9ClF2O2S/c8-13(11,12)4-5-6(2-1-3-6)7(5,9)10/h5H,1-4H2. The van der Waals surface area contributed by atoms with E-state index in [4.69, 9.17) is 10.7 Å². The summed E-state index contributed by atoms with van der Waals surface area (Å²) < 4.78 is 47.5. The topological polar surface area (TPSA) is 34.1 Å². The van der Waals surface area contributed by atoms with E-state index in [0.717, 1.165) is 6.42 Å². The van der Waals surface area contributed by atoms with E-state index < -0.39 is 32.1 Å². The van der Waals surface area contributed by atoms with Crippen molar-refractivity contribution in [2.24, 2.45) is 11.3 Å².